The van der Waals surface area contributed by atoms with Crippen LogP contribution in [0.1, 0.15) is 20.7 Å². The number of aromatic hydroxyl groups is 1. The third-order valence-corrected chi connectivity index (χ3v) is 3.42. The normalized spacial score (nSPS) is 10.1. The number of esters is 1. The minimum atomic E-state index is -0.781. The van der Waals surface area contributed by atoms with Crippen molar-refractivity contribution in [2.75, 3.05) is 12.4 Å². The molecule has 0 atom stereocenters. The van der Waals surface area contributed by atoms with Crippen LogP contribution in [-0.4, -0.2) is 29.0 Å². The van der Waals surface area contributed by atoms with Crippen LogP contribution in [0.5, 0.6) is 5.75 Å². The Morgan fingerprint density at radius 1 is 1.25 bits per heavy atom. The van der Waals surface area contributed by atoms with Crippen LogP contribution < -0.4 is 5.32 Å². The highest BCUT2D eigenvalue weighted by molar-refractivity contribution is 6.34. The third-order valence-electron chi connectivity index (χ3n) is 3.09. The lowest BCUT2D eigenvalue weighted by atomic mass is 10.1. The van der Waals surface area contributed by atoms with Crippen molar-refractivity contribution in [2.45, 2.75) is 0 Å². The number of rotatable bonds is 4. The molecular formula is C15H11ClN2O6. The molecule has 0 spiro atoms. The van der Waals surface area contributed by atoms with Crippen LogP contribution in [0.25, 0.3) is 0 Å². The fourth-order valence-electron chi connectivity index (χ4n) is 1.91. The number of hydrogen-bond acceptors (Lipinski definition) is 6. The lowest BCUT2D eigenvalue weighted by Crippen LogP contribution is -2.14. The monoisotopic (exact) mass is 350 g/mol. The number of anilines is 1. The summed E-state index contributed by atoms with van der Waals surface area (Å²) in [6, 6.07) is 7.49. The van der Waals surface area contributed by atoms with Gasteiger partial charge in [0.2, 0.25) is 0 Å². The van der Waals surface area contributed by atoms with Gasteiger partial charge in [0.05, 0.1) is 28.3 Å². The van der Waals surface area contributed by atoms with E-state index in [1.807, 2.05) is 0 Å². The number of para-hydroxylation sites is 1. The van der Waals surface area contributed by atoms with Gasteiger partial charge in [0, 0.05) is 12.1 Å². The van der Waals surface area contributed by atoms with E-state index >= 15 is 0 Å². The van der Waals surface area contributed by atoms with E-state index in [-0.39, 0.29) is 27.5 Å². The molecule has 0 radical (unpaired) electrons. The number of nitrogens with one attached hydrogen (secondary N) is 1. The predicted molar refractivity (Wildman–Crippen MR) is 85.5 cm³/mol. The second-order valence-corrected chi connectivity index (χ2v) is 4.98. The molecule has 0 fully saturated rings. The number of phenolic OH excluding ortho intramolecular Hbond substituents is 1. The topological polar surface area (TPSA) is 119 Å². The summed E-state index contributed by atoms with van der Waals surface area (Å²) in [5.74, 6) is -2.04. The van der Waals surface area contributed by atoms with Gasteiger partial charge in [-0.15, -0.1) is 0 Å². The third kappa shape index (κ3) is 3.44. The standard InChI is InChI=1S/C15H11ClN2O6/c1-24-15(21)9-3-2-4-12(13(9)19)17-14(20)10-7-8(18(22)23)5-6-11(10)16/h2-7,19H,1H3,(H,17,20). The molecule has 0 aliphatic carbocycles. The minimum Gasteiger partial charge on any atom is -0.505 e. The summed E-state index contributed by atoms with van der Waals surface area (Å²) in [5, 5.41) is 23.2. The number of hydrogen-bond donors (Lipinski definition) is 2. The first-order chi connectivity index (χ1) is 11.3. The lowest BCUT2D eigenvalue weighted by molar-refractivity contribution is -0.384. The minimum absolute atomic E-state index is 0.00159. The van der Waals surface area contributed by atoms with E-state index in [0.717, 1.165) is 19.2 Å². The zero-order chi connectivity index (χ0) is 17.9. The highest BCUT2D eigenvalue weighted by Crippen LogP contribution is 2.29. The number of phenols is 1. The molecule has 0 saturated heterocycles. The number of carbonyl (C=O) groups is 2. The highest BCUT2D eigenvalue weighted by atomic mass is 35.5. The van der Waals surface area contributed by atoms with Gasteiger partial charge in [0.1, 0.15) is 5.56 Å². The van der Waals surface area contributed by atoms with E-state index in [2.05, 4.69) is 10.1 Å². The number of carbonyl (C=O) groups excluding carboxylic acids is 2. The lowest BCUT2D eigenvalue weighted by Gasteiger charge is -2.10. The summed E-state index contributed by atoms with van der Waals surface area (Å²) >= 11 is 5.89. The quantitative estimate of drug-likeness (QED) is 0.378. The van der Waals surface area contributed by atoms with Crippen LogP contribution >= 0.6 is 11.6 Å². The summed E-state index contributed by atoms with van der Waals surface area (Å²) in [4.78, 5) is 33.9. The number of nitro benzene ring substituents is 1. The van der Waals surface area contributed by atoms with Gasteiger partial charge in [-0.1, -0.05) is 17.7 Å². The molecule has 0 unspecified atom stereocenters. The Morgan fingerprint density at radius 3 is 2.58 bits per heavy atom. The Balaban J connectivity index is 2.36. The van der Waals surface area contributed by atoms with Crippen molar-refractivity contribution in [1.29, 1.82) is 0 Å². The highest BCUT2D eigenvalue weighted by Gasteiger charge is 2.19. The molecule has 0 aromatic heterocycles. The van der Waals surface area contributed by atoms with Crippen LogP contribution in [0.4, 0.5) is 11.4 Å². The van der Waals surface area contributed by atoms with Crippen LogP contribution in [-0.2, 0) is 4.74 Å². The smallest absolute Gasteiger partial charge is 0.341 e. The first kappa shape index (κ1) is 17.2. The Kier molecular flexibility index (Phi) is 5.00. The number of methoxy groups -OCH3 is 1. The largest absolute Gasteiger partial charge is 0.505 e. The fraction of sp³-hybridized carbons (Fsp3) is 0.0667. The Bertz CT molecular complexity index is 837. The summed E-state index contributed by atoms with van der Waals surface area (Å²) in [6.07, 6.45) is 0. The van der Waals surface area contributed by atoms with E-state index in [4.69, 9.17) is 11.6 Å². The van der Waals surface area contributed by atoms with Gasteiger partial charge in [0.15, 0.2) is 5.75 Å². The van der Waals surface area contributed by atoms with Crippen LogP contribution in [0.3, 0.4) is 0 Å². The molecule has 0 saturated carbocycles. The summed E-state index contributed by atoms with van der Waals surface area (Å²) < 4.78 is 4.52. The van der Waals surface area contributed by atoms with Crippen molar-refractivity contribution in [2.24, 2.45) is 0 Å². The zero-order valence-electron chi connectivity index (χ0n) is 12.3. The number of nitrogens with zero attached hydrogens (tertiary/aromatic N) is 1. The molecule has 8 nitrogen and oxygen atoms in total. The molecule has 2 rings (SSSR count). The summed E-state index contributed by atoms with van der Waals surface area (Å²) in [5.41, 5.74) is -0.656. The average Bonchev–Trinajstić information content (AvgIpc) is 2.56. The van der Waals surface area contributed by atoms with Crippen molar-refractivity contribution in [3.63, 3.8) is 0 Å². The molecular weight excluding hydrogens is 340 g/mol. The van der Waals surface area contributed by atoms with Crippen molar-refractivity contribution in [3.8, 4) is 5.75 Å². The number of non-ortho nitro benzene ring substituents is 1. The maximum Gasteiger partial charge on any atom is 0.341 e. The van der Waals surface area contributed by atoms with E-state index < -0.39 is 22.5 Å². The molecule has 0 aliphatic heterocycles. The Hall–Kier alpha value is -3.13. The van der Waals surface area contributed by atoms with Crippen molar-refractivity contribution >= 4 is 34.9 Å². The molecule has 124 valence electrons. The second-order valence-electron chi connectivity index (χ2n) is 4.57. The molecule has 0 bridgehead atoms. The van der Waals surface area contributed by atoms with Gasteiger partial charge in [-0.25, -0.2) is 4.79 Å². The molecule has 2 aromatic carbocycles. The van der Waals surface area contributed by atoms with Crippen LogP contribution in [0.15, 0.2) is 36.4 Å². The molecule has 2 N–H and O–H groups in total. The van der Waals surface area contributed by atoms with Gasteiger partial charge < -0.3 is 15.2 Å². The first-order valence-electron chi connectivity index (χ1n) is 6.50. The SMILES string of the molecule is COC(=O)c1cccc(NC(=O)c2cc([N+](=O)[O-])ccc2Cl)c1O. The molecule has 0 aliphatic rings. The fourth-order valence-corrected chi connectivity index (χ4v) is 2.11. The van der Waals surface area contributed by atoms with Gasteiger partial charge >= 0.3 is 5.97 Å². The average molecular weight is 351 g/mol. The van der Waals surface area contributed by atoms with E-state index in [0.29, 0.717) is 0 Å². The molecule has 9 heteroatoms. The number of nitro groups is 1. The van der Waals surface area contributed by atoms with E-state index in [1.54, 1.807) is 0 Å². The second kappa shape index (κ2) is 6.97. The summed E-state index contributed by atoms with van der Waals surface area (Å²) in [6.45, 7) is 0. The maximum atomic E-state index is 12.3. The van der Waals surface area contributed by atoms with Crippen LogP contribution in [0, 0.1) is 10.1 Å². The molecule has 2 aromatic rings. The molecule has 1 amide bonds. The van der Waals surface area contributed by atoms with Gasteiger partial charge in [-0.3, -0.25) is 14.9 Å². The Labute approximate surface area is 140 Å². The zero-order valence-corrected chi connectivity index (χ0v) is 13.0. The molecule has 0 heterocycles. The van der Waals surface area contributed by atoms with Gasteiger partial charge in [-0.2, -0.15) is 0 Å². The summed E-state index contributed by atoms with van der Waals surface area (Å²) in [7, 11) is 1.15. The van der Waals surface area contributed by atoms with E-state index in [1.165, 1.54) is 24.3 Å². The van der Waals surface area contributed by atoms with Gasteiger partial charge in [0.25, 0.3) is 11.6 Å². The van der Waals surface area contributed by atoms with Crippen molar-refractivity contribution < 1.29 is 24.4 Å². The number of ether oxygens (including phenoxy) is 1. The number of amides is 1. The van der Waals surface area contributed by atoms with Crippen molar-refractivity contribution in [1.82, 2.24) is 0 Å². The predicted octanol–water partition coefficient (Wildman–Crippen LogP) is 2.99. The van der Waals surface area contributed by atoms with Crippen molar-refractivity contribution in [3.05, 3.63) is 62.7 Å². The van der Waals surface area contributed by atoms with Crippen LogP contribution in [0.2, 0.25) is 5.02 Å². The number of benzene rings is 2. The number of halogens is 1. The first-order valence-corrected chi connectivity index (χ1v) is 6.88. The van der Waals surface area contributed by atoms with E-state index in [9.17, 15) is 24.8 Å². The molecule has 24 heavy (non-hydrogen) atoms. The maximum absolute atomic E-state index is 12.3. The van der Waals surface area contributed by atoms with Gasteiger partial charge in [-0.05, 0) is 18.2 Å². The Morgan fingerprint density at radius 2 is 1.96 bits per heavy atom.